The van der Waals surface area contributed by atoms with Gasteiger partial charge in [-0.05, 0) is 29.8 Å². The summed E-state index contributed by atoms with van der Waals surface area (Å²) in [6, 6.07) is 13.2. The summed E-state index contributed by atoms with van der Waals surface area (Å²) >= 11 is 0. The third-order valence-corrected chi connectivity index (χ3v) is 3.07. The van der Waals surface area contributed by atoms with E-state index in [1.54, 1.807) is 25.2 Å². The van der Waals surface area contributed by atoms with Crippen LogP contribution in [-0.4, -0.2) is 28.1 Å². The van der Waals surface area contributed by atoms with E-state index >= 15 is 0 Å². The Kier molecular flexibility index (Phi) is 4.10. The first kappa shape index (κ1) is 14.4. The van der Waals surface area contributed by atoms with Crippen LogP contribution in [0.15, 0.2) is 42.5 Å². The molecule has 21 heavy (non-hydrogen) atoms. The number of benzene rings is 2. The second-order valence-electron chi connectivity index (χ2n) is 4.65. The molecule has 0 aliphatic rings. The lowest BCUT2D eigenvalue weighted by Crippen LogP contribution is -2.26. The van der Waals surface area contributed by atoms with Gasteiger partial charge in [-0.15, -0.1) is 0 Å². The maximum absolute atomic E-state index is 12.3. The van der Waals surface area contributed by atoms with Crippen LogP contribution in [0.2, 0.25) is 0 Å². The number of amides is 1. The van der Waals surface area contributed by atoms with E-state index in [1.807, 2.05) is 12.1 Å². The lowest BCUT2D eigenvalue weighted by atomic mass is 10.1. The Morgan fingerprint density at radius 1 is 1.24 bits per heavy atom. The lowest BCUT2D eigenvalue weighted by Gasteiger charge is -2.18. The van der Waals surface area contributed by atoms with Gasteiger partial charge in [-0.1, -0.05) is 18.2 Å². The molecule has 0 atom stereocenters. The topological polar surface area (TPSA) is 84.6 Å². The predicted molar refractivity (Wildman–Crippen MR) is 76.7 cm³/mol. The van der Waals surface area contributed by atoms with E-state index in [-0.39, 0.29) is 11.3 Å². The predicted octanol–water partition coefficient (Wildman–Crippen LogP) is 2.24. The summed E-state index contributed by atoms with van der Waals surface area (Å²) in [5.41, 5.74) is 1.37. The SMILES string of the molecule is CN(Cc1cccc(C#N)c1)C(=O)c1cccc(O)c1O. The van der Waals surface area contributed by atoms with Crippen LogP contribution in [0.5, 0.6) is 11.5 Å². The van der Waals surface area contributed by atoms with Gasteiger partial charge in [-0.2, -0.15) is 5.26 Å². The Morgan fingerprint density at radius 2 is 1.95 bits per heavy atom. The van der Waals surface area contributed by atoms with Gasteiger partial charge in [0, 0.05) is 13.6 Å². The van der Waals surface area contributed by atoms with E-state index < -0.39 is 11.7 Å². The van der Waals surface area contributed by atoms with Crippen molar-refractivity contribution >= 4 is 5.91 Å². The highest BCUT2D eigenvalue weighted by molar-refractivity contribution is 5.97. The molecule has 0 fully saturated rings. The van der Waals surface area contributed by atoms with Crippen molar-refractivity contribution in [3.8, 4) is 17.6 Å². The van der Waals surface area contributed by atoms with Gasteiger partial charge in [0.25, 0.3) is 5.91 Å². The standard InChI is InChI=1S/C16H14N2O3/c1-18(10-12-5-2-4-11(8-12)9-17)16(21)13-6-3-7-14(19)15(13)20/h2-8,19-20H,10H2,1H3. The minimum atomic E-state index is -0.430. The molecule has 5 nitrogen and oxygen atoms in total. The molecular weight excluding hydrogens is 268 g/mol. The molecule has 0 saturated heterocycles. The van der Waals surface area contributed by atoms with Gasteiger partial charge in [-0.3, -0.25) is 4.79 Å². The normalized spacial score (nSPS) is 9.90. The number of carbonyl (C=O) groups excluding carboxylic acids is 1. The molecule has 0 aliphatic heterocycles. The number of phenolic OH excluding ortho intramolecular Hbond substituents is 2. The van der Waals surface area contributed by atoms with Crippen LogP contribution in [0, 0.1) is 11.3 Å². The van der Waals surface area contributed by atoms with Gasteiger partial charge in [-0.25, -0.2) is 0 Å². The van der Waals surface area contributed by atoms with Gasteiger partial charge in [0.05, 0.1) is 17.2 Å². The fourth-order valence-corrected chi connectivity index (χ4v) is 1.99. The second-order valence-corrected chi connectivity index (χ2v) is 4.65. The van der Waals surface area contributed by atoms with Crippen LogP contribution in [-0.2, 0) is 6.54 Å². The monoisotopic (exact) mass is 282 g/mol. The minimum Gasteiger partial charge on any atom is -0.504 e. The van der Waals surface area contributed by atoms with Crippen LogP contribution in [0.1, 0.15) is 21.5 Å². The average molecular weight is 282 g/mol. The van der Waals surface area contributed by atoms with Gasteiger partial charge < -0.3 is 15.1 Å². The van der Waals surface area contributed by atoms with Gasteiger partial charge in [0.1, 0.15) is 0 Å². The molecule has 106 valence electrons. The summed E-state index contributed by atoms with van der Waals surface area (Å²) in [5.74, 6) is -1.17. The van der Waals surface area contributed by atoms with Gasteiger partial charge in [0.15, 0.2) is 11.5 Å². The molecule has 2 aromatic carbocycles. The van der Waals surface area contributed by atoms with Crippen molar-refractivity contribution in [3.05, 3.63) is 59.2 Å². The molecule has 0 spiro atoms. The number of para-hydroxylation sites is 1. The van der Waals surface area contributed by atoms with Crippen molar-refractivity contribution in [1.29, 1.82) is 5.26 Å². The Labute approximate surface area is 122 Å². The number of hydrogen-bond donors (Lipinski definition) is 2. The van der Waals surface area contributed by atoms with Crippen LogP contribution in [0.25, 0.3) is 0 Å². The van der Waals surface area contributed by atoms with E-state index in [0.29, 0.717) is 12.1 Å². The Hall–Kier alpha value is -3.00. The van der Waals surface area contributed by atoms with Gasteiger partial charge >= 0.3 is 0 Å². The number of hydrogen-bond acceptors (Lipinski definition) is 4. The molecule has 0 aliphatic carbocycles. The van der Waals surface area contributed by atoms with Crippen molar-refractivity contribution < 1.29 is 15.0 Å². The highest BCUT2D eigenvalue weighted by Gasteiger charge is 2.18. The number of carbonyl (C=O) groups is 1. The highest BCUT2D eigenvalue weighted by atomic mass is 16.3. The first-order chi connectivity index (χ1) is 10.0. The Morgan fingerprint density at radius 3 is 2.67 bits per heavy atom. The van der Waals surface area contributed by atoms with E-state index in [2.05, 4.69) is 0 Å². The first-order valence-corrected chi connectivity index (χ1v) is 6.28. The second kappa shape index (κ2) is 5.97. The molecular formula is C16H14N2O3. The summed E-state index contributed by atoms with van der Waals surface area (Å²) in [6.07, 6.45) is 0. The quantitative estimate of drug-likeness (QED) is 0.845. The van der Waals surface area contributed by atoms with Crippen molar-refractivity contribution in [2.45, 2.75) is 6.54 Å². The minimum absolute atomic E-state index is 0.0361. The summed E-state index contributed by atoms with van der Waals surface area (Å²) in [5, 5.41) is 28.0. The van der Waals surface area contributed by atoms with E-state index in [1.165, 1.54) is 23.1 Å². The number of nitrogens with zero attached hydrogens (tertiary/aromatic N) is 2. The van der Waals surface area contributed by atoms with Gasteiger partial charge in [0.2, 0.25) is 0 Å². The number of nitriles is 1. The molecule has 0 unspecified atom stereocenters. The molecule has 1 amide bonds. The van der Waals surface area contributed by atoms with Crippen molar-refractivity contribution in [3.63, 3.8) is 0 Å². The Balaban J connectivity index is 2.20. The molecule has 5 heteroatoms. The molecule has 0 aromatic heterocycles. The Bertz CT molecular complexity index is 720. The van der Waals surface area contributed by atoms with E-state index in [4.69, 9.17) is 5.26 Å². The zero-order valence-corrected chi connectivity index (χ0v) is 11.4. The third kappa shape index (κ3) is 3.12. The van der Waals surface area contributed by atoms with Crippen LogP contribution in [0.3, 0.4) is 0 Å². The van der Waals surface area contributed by atoms with E-state index in [9.17, 15) is 15.0 Å². The molecule has 2 N–H and O–H groups in total. The van der Waals surface area contributed by atoms with Crippen LogP contribution < -0.4 is 0 Å². The number of rotatable bonds is 3. The zero-order valence-electron chi connectivity index (χ0n) is 11.4. The molecule has 0 saturated carbocycles. The van der Waals surface area contributed by atoms with Crippen molar-refractivity contribution in [1.82, 2.24) is 4.90 Å². The average Bonchev–Trinajstić information content (AvgIpc) is 2.49. The molecule has 2 aromatic rings. The summed E-state index contributed by atoms with van der Waals surface area (Å²) in [6.45, 7) is 0.295. The maximum atomic E-state index is 12.3. The summed E-state index contributed by atoms with van der Waals surface area (Å²) in [7, 11) is 1.59. The highest BCUT2D eigenvalue weighted by Crippen LogP contribution is 2.29. The summed E-state index contributed by atoms with van der Waals surface area (Å²) < 4.78 is 0. The maximum Gasteiger partial charge on any atom is 0.257 e. The fourth-order valence-electron chi connectivity index (χ4n) is 1.99. The lowest BCUT2D eigenvalue weighted by molar-refractivity contribution is 0.0781. The smallest absolute Gasteiger partial charge is 0.257 e. The fraction of sp³-hybridized carbons (Fsp3) is 0.125. The van der Waals surface area contributed by atoms with E-state index in [0.717, 1.165) is 5.56 Å². The van der Waals surface area contributed by atoms with Crippen molar-refractivity contribution in [2.24, 2.45) is 0 Å². The van der Waals surface area contributed by atoms with Crippen LogP contribution >= 0.6 is 0 Å². The van der Waals surface area contributed by atoms with Crippen LogP contribution in [0.4, 0.5) is 0 Å². The molecule has 0 radical (unpaired) electrons. The third-order valence-electron chi connectivity index (χ3n) is 3.07. The largest absolute Gasteiger partial charge is 0.504 e. The molecule has 0 bridgehead atoms. The molecule has 0 heterocycles. The summed E-state index contributed by atoms with van der Waals surface area (Å²) in [4.78, 5) is 13.7. The molecule has 2 rings (SSSR count). The van der Waals surface area contributed by atoms with Crippen molar-refractivity contribution in [2.75, 3.05) is 7.05 Å². The first-order valence-electron chi connectivity index (χ1n) is 6.28. The number of phenols is 2. The number of aromatic hydroxyl groups is 2. The zero-order chi connectivity index (χ0) is 15.4.